The van der Waals surface area contributed by atoms with Crippen LogP contribution in [0, 0.1) is 17.2 Å². The molecule has 0 bridgehead atoms. The number of nitrogens with one attached hydrogen (secondary N) is 1. The van der Waals surface area contributed by atoms with Gasteiger partial charge in [0.1, 0.15) is 16.8 Å². The van der Waals surface area contributed by atoms with Gasteiger partial charge in [0, 0.05) is 28.8 Å². The number of fused-ring (bicyclic) bond motifs is 1. The molecule has 33 heavy (non-hydrogen) atoms. The second kappa shape index (κ2) is 8.27. The van der Waals surface area contributed by atoms with Gasteiger partial charge < -0.3 is 0 Å². The van der Waals surface area contributed by atoms with Gasteiger partial charge in [-0.3, -0.25) is 9.55 Å². The van der Waals surface area contributed by atoms with E-state index in [9.17, 15) is 13.7 Å². The third-order valence-corrected chi connectivity index (χ3v) is 7.66. The Morgan fingerprint density at radius 1 is 1.18 bits per heavy atom. The van der Waals surface area contributed by atoms with Crippen molar-refractivity contribution in [2.45, 2.75) is 30.7 Å². The number of pyridine rings is 2. The van der Waals surface area contributed by atoms with Crippen LogP contribution in [0.4, 0.5) is 0 Å². The number of benzene rings is 1. The highest BCUT2D eigenvalue weighted by Gasteiger charge is 2.31. The summed E-state index contributed by atoms with van der Waals surface area (Å²) in [6.07, 6.45) is 5.08. The summed E-state index contributed by atoms with van der Waals surface area (Å²) in [6, 6.07) is 16.1. The van der Waals surface area contributed by atoms with Crippen LogP contribution in [0.25, 0.3) is 28.1 Å². The smallest absolute Gasteiger partial charge is 0.242 e. The Labute approximate surface area is 196 Å². The van der Waals surface area contributed by atoms with E-state index < -0.39 is 10.0 Å². The van der Waals surface area contributed by atoms with Gasteiger partial charge in [-0.15, -0.1) is 0 Å². The Morgan fingerprint density at radius 3 is 2.64 bits per heavy atom. The van der Waals surface area contributed by atoms with Crippen LogP contribution in [-0.2, 0) is 10.0 Å². The number of sulfonamides is 1. The molecule has 1 aromatic carbocycles. The molecule has 5 rings (SSSR count). The highest BCUT2D eigenvalue weighted by Crippen LogP contribution is 2.36. The molecule has 1 saturated carbocycles. The molecule has 3 aromatic heterocycles. The summed E-state index contributed by atoms with van der Waals surface area (Å²) in [6.45, 7) is 1.88. The Balaban J connectivity index is 1.65. The largest absolute Gasteiger partial charge is 0.291 e. The molecule has 0 amide bonds. The van der Waals surface area contributed by atoms with E-state index in [0.717, 1.165) is 18.4 Å². The summed E-state index contributed by atoms with van der Waals surface area (Å²) >= 11 is 6.22. The van der Waals surface area contributed by atoms with Crippen LogP contribution < -0.4 is 4.72 Å². The molecular formula is C24H20ClN5O2S. The second-order valence-electron chi connectivity index (χ2n) is 8.15. The molecular weight excluding hydrogens is 458 g/mol. The van der Waals surface area contributed by atoms with Crippen LogP contribution in [0.5, 0.6) is 0 Å². The summed E-state index contributed by atoms with van der Waals surface area (Å²) in [5.74, 6) is 1.01. The van der Waals surface area contributed by atoms with Gasteiger partial charge in [0.15, 0.2) is 0 Å². The van der Waals surface area contributed by atoms with Crippen LogP contribution in [0.1, 0.15) is 25.3 Å². The molecule has 1 atom stereocenters. The van der Waals surface area contributed by atoms with Crippen LogP contribution >= 0.6 is 11.6 Å². The van der Waals surface area contributed by atoms with Gasteiger partial charge in [-0.2, -0.15) is 5.26 Å². The zero-order chi connectivity index (χ0) is 23.2. The topological polar surface area (TPSA) is 101 Å². The van der Waals surface area contributed by atoms with Gasteiger partial charge in [-0.05, 0) is 68.1 Å². The minimum atomic E-state index is -3.69. The first-order chi connectivity index (χ1) is 15.9. The monoisotopic (exact) mass is 477 g/mol. The highest BCUT2D eigenvalue weighted by atomic mass is 35.5. The standard InChI is InChI=1S/C24H20ClN5O2S/c1-15(16-5-6-16)29-33(31,32)18-8-9-21(28-14-18)24-20(13-26)19-12-17(25)7-10-22(19)30(24)23-4-2-3-11-27-23/h2-4,7-12,14-16,29H,5-6H2,1H3/t15-/m0/s1. The maximum Gasteiger partial charge on any atom is 0.242 e. The molecule has 7 nitrogen and oxygen atoms in total. The van der Waals surface area contributed by atoms with Gasteiger partial charge in [0.25, 0.3) is 0 Å². The van der Waals surface area contributed by atoms with Crippen molar-refractivity contribution >= 4 is 32.5 Å². The average molecular weight is 478 g/mol. The molecule has 0 unspecified atom stereocenters. The zero-order valence-electron chi connectivity index (χ0n) is 17.7. The molecule has 1 aliphatic rings. The summed E-state index contributed by atoms with van der Waals surface area (Å²) < 4.78 is 30.1. The first kappa shape index (κ1) is 21.6. The number of hydrogen-bond donors (Lipinski definition) is 1. The summed E-state index contributed by atoms with van der Waals surface area (Å²) in [5.41, 5.74) is 2.13. The predicted molar refractivity (Wildman–Crippen MR) is 127 cm³/mol. The van der Waals surface area contributed by atoms with E-state index in [1.54, 1.807) is 24.4 Å². The number of halogens is 1. The minimum Gasteiger partial charge on any atom is -0.291 e. The highest BCUT2D eigenvalue weighted by molar-refractivity contribution is 7.89. The normalized spacial score (nSPS) is 14.8. The van der Waals surface area contributed by atoms with E-state index in [0.29, 0.717) is 39.1 Å². The fraction of sp³-hybridized carbons (Fsp3) is 0.208. The van der Waals surface area contributed by atoms with Crippen LogP contribution in [0.15, 0.2) is 65.8 Å². The molecule has 166 valence electrons. The van der Waals surface area contributed by atoms with Gasteiger partial charge in [0.2, 0.25) is 10.0 Å². The van der Waals surface area contributed by atoms with Crippen molar-refractivity contribution in [2.75, 3.05) is 0 Å². The average Bonchev–Trinajstić information content (AvgIpc) is 3.61. The van der Waals surface area contributed by atoms with Gasteiger partial charge in [-0.1, -0.05) is 17.7 Å². The number of nitriles is 1. The van der Waals surface area contributed by atoms with E-state index in [4.69, 9.17) is 11.6 Å². The van der Waals surface area contributed by atoms with Crippen molar-refractivity contribution in [3.8, 4) is 23.3 Å². The summed E-state index contributed by atoms with van der Waals surface area (Å²) in [5, 5.41) is 11.2. The quantitative estimate of drug-likeness (QED) is 0.434. The molecule has 0 spiro atoms. The van der Waals surface area contributed by atoms with Gasteiger partial charge in [0.05, 0.1) is 22.5 Å². The van der Waals surface area contributed by atoms with Gasteiger partial charge in [-0.25, -0.2) is 18.1 Å². The van der Waals surface area contributed by atoms with E-state index in [1.807, 2.05) is 35.8 Å². The number of nitrogens with zero attached hydrogens (tertiary/aromatic N) is 4. The Bertz CT molecular complexity index is 1490. The predicted octanol–water partition coefficient (Wildman–Crippen LogP) is 4.69. The maximum atomic E-state index is 12.8. The molecule has 9 heteroatoms. The Kier molecular flexibility index (Phi) is 5.41. The molecule has 1 N–H and O–H groups in total. The second-order valence-corrected chi connectivity index (χ2v) is 10.3. The molecule has 0 saturated heterocycles. The van der Waals surface area contributed by atoms with E-state index in [2.05, 4.69) is 20.8 Å². The van der Waals surface area contributed by atoms with E-state index >= 15 is 0 Å². The summed E-state index contributed by atoms with van der Waals surface area (Å²) in [4.78, 5) is 8.98. The van der Waals surface area contributed by atoms with Crippen molar-refractivity contribution in [2.24, 2.45) is 5.92 Å². The first-order valence-corrected chi connectivity index (χ1v) is 12.4. The van der Waals surface area contributed by atoms with E-state index in [1.165, 1.54) is 12.3 Å². The molecule has 0 radical (unpaired) electrons. The lowest BCUT2D eigenvalue weighted by molar-refractivity contribution is 0.538. The lowest BCUT2D eigenvalue weighted by Gasteiger charge is -2.14. The zero-order valence-corrected chi connectivity index (χ0v) is 19.3. The van der Waals surface area contributed by atoms with Crippen molar-refractivity contribution in [3.63, 3.8) is 0 Å². The van der Waals surface area contributed by atoms with E-state index in [-0.39, 0.29) is 10.9 Å². The van der Waals surface area contributed by atoms with Crippen LogP contribution in [0.3, 0.4) is 0 Å². The summed E-state index contributed by atoms with van der Waals surface area (Å²) in [7, 11) is -3.69. The molecule has 0 aliphatic heterocycles. The van der Waals surface area contributed by atoms with Crippen molar-refractivity contribution < 1.29 is 8.42 Å². The lowest BCUT2D eigenvalue weighted by atomic mass is 10.1. The third kappa shape index (κ3) is 4.00. The van der Waals surface area contributed by atoms with Crippen molar-refractivity contribution in [1.29, 1.82) is 5.26 Å². The number of rotatable bonds is 6. The SMILES string of the molecule is C[C@H](NS(=O)(=O)c1ccc(-c2c(C#N)c3cc(Cl)ccc3n2-c2ccccn2)nc1)C1CC1. The fourth-order valence-electron chi connectivity index (χ4n) is 4.03. The van der Waals surface area contributed by atoms with Crippen molar-refractivity contribution in [3.05, 3.63) is 71.5 Å². The molecule has 4 aromatic rings. The van der Waals surface area contributed by atoms with Crippen molar-refractivity contribution in [1.82, 2.24) is 19.3 Å². The maximum absolute atomic E-state index is 12.8. The number of aromatic nitrogens is 3. The lowest BCUT2D eigenvalue weighted by Crippen LogP contribution is -2.34. The molecule has 1 fully saturated rings. The molecule has 3 heterocycles. The fourth-order valence-corrected chi connectivity index (χ4v) is 5.46. The minimum absolute atomic E-state index is 0.0841. The Hall–Kier alpha value is -3.25. The van der Waals surface area contributed by atoms with Crippen LogP contribution in [0.2, 0.25) is 5.02 Å². The number of hydrogen-bond acceptors (Lipinski definition) is 5. The van der Waals surface area contributed by atoms with Crippen LogP contribution in [-0.4, -0.2) is 29.0 Å². The Morgan fingerprint density at radius 2 is 2.00 bits per heavy atom. The van der Waals surface area contributed by atoms with Gasteiger partial charge >= 0.3 is 0 Å². The molecule has 1 aliphatic carbocycles. The first-order valence-electron chi connectivity index (χ1n) is 10.5. The third-order valence-electron chi connectivity index (χ3n) is 5.88.